The Morgan fingerprint density at radius 2 is 1.38 bits per heavy atom. The summed E-state index contributed by atoms with van der Waals surface area (Å²) in [5.41, 5.74) is 0.389. The number of allylic oxidation sites excluding steroid dienone is 1. The van der Waals surface area contributed by atoms with Crippen LogP contribution in [0.1, 0.15) is 79.1 Å². The van der Waals surface area contributed by atoms with Crippen molar-refractivity contribution in [2.24, 2.45) is 5.41 Å². The summed E-state index contributed by atoms with van der Waals surface area (Å²) >= 11 is 0. The molecule has 3 fully saturated rings. The van der Waals surface area contributed by atoms with E-state index in [9.17, 15) is 4.39 Å². The van der Waals surface area contributed by atoms with Crippen LogP contribution in [0.2, 0.25) is 0 Å². The van der Waals surface area contributed by atoms with Gasteiger partial charge in [0, 0.05) is 0 Å². The Hall–Kier alpha value is -0.345. The number of hydrogen-bond donors (Lipinski definition) is 0. The molecule has 0 N–H and O–H groups in total. The van der Waals surface area contributed by atoms with Crippen molar-refractivity contribution in [2.75, 3.05) is 0 Å². The van der Waals surface area contributed by atoms with Gasteiger partial charge in [-0.25, -0.2) is 4.39 Å². The van der Waals surface area contributed by atoms with Gasteiger partial charge in [0.15, 0.2) is 0 Å². The van der Waals surface area contributed by atoms with Gasteiger partial charge in [0.1, 0.15) is 5.73 Å². The molecule has 118 valence electrons. The minimum Gasteiger partial charge on any atom is -0.398 e. The quantitative estimate of drug-likeness (QED) is 0.635. The Labute approximate surface area is 128 Å². The van der Waals surface area contributed by atoms with Crippen LogP contribution < -0.4 is 0 Å². The normalized spacial score (nSPS) is 30.1. The molecule has 2 saturated carbocycles. The van der Waals surface area contributed by atoms with Crippen molar-refractivity contribution in [3.05, 3.63) is 11.3 Å². The van der Waals surface area contributed by atoms with Crippen molar-refractivity contribution in [1.29, 1.82) is 0 Å². The molecule has 0 unspecified atom stereocenters. The van der Waals surface area contributed by atoms with Crippen LogP contribution in [0.3, 0.4) is 0 Å². The number of hydrogen-bond acceptors (Lipinski definition) is 2. The second-order valence-electron chi connectivity index (χ2n) is 8.25. The average molecular weight is 294 g/mol. The summed E-state index contributed by atoms with van der Waals surface area (Å²) in [6.07, 6.45) is 9.48. The molecule has 3 rings (SSSR count). The predicted octanol–water partition coefficient (Wildman–Crippen LogP) is 4.98. The Morgan fingerprint density at radius 1 is 0.905 bits per heavy atom. The van der Waals surface area contributed by atoms with E-state index in [1.54, 1.807) is 0 Å². The van der Waals surface area contributed by atoms with Gasteiger partial charge in [0.25, 0.3) is 0 Å². The summed E-state index contributed by atoms with van der Waals surface area (Å²) in [6.45, 7) is 7.89. The van der Waals surface area contributed by atoms with E-state index in [0.717, 1.165) is 31.3 Å². The van der Waals surface area contributed by atoms with E-state index in [0.29, 0.717) is 5.41 Å². The minimum absolute atomic E-state index is 0.151. The largest absolute Gasteiger partial charge is 0.525 e. The molecule has 4 heteroatoms. The molecule has 0 aromatic rings. The summed E-state index contributed by atoms with van der Waals surface area (Å²) in [5, 5.41) is 0. The SMILES string of the molecule is CC1(C)OB(C(F)=C2CCC3(CCCC3)CC2)OC1(C)C. The summed E-state index contributed by atoms with van der Waals surface area (Å²) in [5.74, 6) is 0. The van der Waals surface area contributed by atoms with Crippen LogP contribution in [0.4, 0.5) is 4.39 Å². The van der Waals surface area contributed by atoms with Crippen molar-refractivity contribution >= 4 is 7.12 Å². The summed E-state index contributed by atoms with van der Waals surface area (Å²) < 4.78 is 26.5. The highest BCUT2D eigenvalue weighted by Gasteiger charge is 2.53. The average Bonchev–Trinajstić information content (AvgIpc) is 2.93. The second-order valence-corrected chi connectivity index (χ2v) is 8.25. The molecule has 21 heavy (non-hydrogen) atoms. The molecule has 1 saturated heterocycles. The van der Waals surface area contributed by atoms with Crippen LogP contribution in [-0.4, -0.2) is 18.3 Å². The van der Waals surface area contributed by atoms with Crippen LogP contribution in [0.25, 0.3) is 0 Å². The van der Waals surface area contributed by atoms with Crippen molar-refractivity contribution in [3.8, 4) is 0 Å². The second kappa shape index (κ2) is 5.09. The summed E-state index contributed by atoms with van der Waals surface area (Å²) in [6, 6.07) is 0. The van der Waals surface area contributed by atoms with Gasteiger partial charge in [-0.05, 0) is 77.2 Å². The van der Waals surface area contributed by atoms with Gasteiger partial charge in [-0.1, -0.05) is 12.8 Å². The minimum atomic E-state index is -0.803. The maximum atomic E-state index is 14.8. The molecule has 0 aromatic carbocycles. The van der Waals surface area contributed by atoms with Gasteiger partial charge in [-0.2, -0.15) is 0 Å². The lowest BCUT2D eigenvalue weighted by atomic mass is 9.69. The van der Waals surface area contributed by atoms with Crippen LogP contribution in [0.5, 0.6) is 0 Å². The summed E-state index contributed by atoms with van der Waals surface area (Å²) in [4.78, 5) is 0. The first-order valence-electron chi connectivity index (χ1n) is 8.48. The Balaban J connectivity index is 1.70. The molecule has 0 amide bonds. The molecule has 0 bridgehead atoms. The van der Waals surface area contributed by atoms with Gasteiger partial charge in [-0.3, -0.25) is 0 Å². The highest BCUT2D eigenvalue weighted by Crippen LogP contribution is 2.51. The molecule has 2 nitrogen and oxygen atoms in total. The molecule has 1 aliphatic heterocycles. The summed E-state index contributed by atoms with van der Waals surface area (Å²) in [7, 11) is -0.803. The fraction of sp³-hybridized carbons (Fsp3) is 0.882. The number of halogens is 1. The third kappa shape index (κ3) is 2.70. The molecule has 0 atom stereocenters. The van der Waals surface area contributed by atoms with E-state index >= 15 is 0 Å². The van der Waals surface area contributed by atoms with Gasteiger partial charge in [0.2, 0.25) is 0 Å². The third-order valence-corrected chi connectivity index (χ3v) is 6.38. The van der Waals surface area contributed by atoms with E-state index in [4.69, 9.17) is 9.31 Å². The first-order chi connectivity index (χ1) is 9.75. The van der Waals surface area contributed by atoms with Gasteiger partial charge >= 0.3 is 7.12 Å². The Kier molecular flexibility index (Phi) is 3.77. The van der Waals surface area contributed by atoms with Crippen molar-refractivity contribution in [3.63, 3.8) is 0 Å². The van der Waals surface area contributed by atoms with Crippen LogP contribution in [0.15, 0.2) is 11.3 Å². The first-order valence-corrected chi connectivity index (χ1v) is 8.48. The van der Waals surface area contributed by atoms with Crippen molar-refractivity contribution < 1.29 is 13.7 Å². The zero-order valence-electron chi connectivity index (χ0n) is 13.9. The number of rotatable bonds is 1. The van der Waals surface area contributed by atoms with Crippen molar-refractivity contribution in [1.82, 2.24) is 0 Å². The van der Waals surface area contributed by atoms with E-state index in [1.165, 1.54) is 25.7 Å². The monoisotopic (exact) mass is 294 g/mol. The highest BCUT2D eigenvalue weighted by atomic mass is 19.1. The fourth-order valence-corrected chi connectivity index (χ4v) is 4.06. The van der Waals surface area contributed by atoms with Crippen LogP contribution in [0, 0.1) is 5.41 Å². The highest BCUT2D eigenvalue weighted by molar-refractivity contribution is 6.53. The first kappa shape index (κ1) is 15.5. The predicted molar refractivity (Wildman–Crippen MR) is 83.6 cm³/mol. The van der Waals surface area contributed by atoms with Gasteiger partial charge in [-0.15, -0.1) is 0 Å². The molecule has 0 aromatic heterocycles. The Morgan fingerprint density at radius 3 is 1.86 bits per heavy atom. The molecule has 3 aliphatic rings. The molecule has 2 aliphatic carbocycles. The lowest BCUT2D eigenvalue weighted by molar-refractivity contribution is 0.00578. The van der Waals surface area contributed by atoms with Crippen LogP contribution >= 0.6 is 0 Å². The lowest BCUT2D eigenvalue weighted by Crippen LogP contribution is -2.41. The smallest absolute Gasteiger partial charge is 0.398 e. The van der Waals surface area contributed by atoms with E-state index < -0.39 is 18.3 Å². The molecule has 1 heterocycles. The Bertz CT molecular complexity index is 422. The van der Waals surface area contributed by atoms with E-state index in [1.807, 2.05) is 27.7 Å². The molecule has 1 spiro atoms. The molecular formula is C17H28BFO2. The van der Waals surface area contributed by atoms with Crippen LogP contribution in [-0.2, 0) is 9.31 Å². The maximum Gasteiger partial charge on any atom is 0.525 e. The van der Waals surface area contributed by atoms with E-state index in [-0.39, 0.29) is 5.73 Å². The van der Waals surface area contributed by atoms with Gasteiger partial charge < -0.3 is 9.31 Å². The topological polar surface area (TPSA) is 18.5 Å². The molecular weight excluding hydrogens is 266 g/mol. The van der Waals surface area contributed by atoms with E-state index in [2.05, 4.69) is 0 Å². The fourth-order valence-electron chi connectivity index (χ4n) is 4.06. The van der Waals surface area contributed by atoms with Gasteiger partial charge in [0.05, 0.1) is 11.2 Å². The standard InChI is InChI=1S/C17H28BFO2/c1-15(2)16(3,4)21-18(20-15)14(19)13-7-11-17(12-8-13)9-5-6-10-17/h5-12H2,1-4H3. The zero-order valence-corrected chi connectivity index (χ0v) is 13.9. The third-order valence-electron chi connectivity index (χ3n) is 6.38. The zero-order chi connectivity index (χ0) is 15.3. The lowest BCUT2D eigenvalue weighted by Gasteiger charge is -2.34. The van der Waals surface area contributed by atoms with Crippen molar-refractivity contribution in [2.45, 2.75) is 90.3 Å². The molecule has 0 radical (unpaired) electrons. The maximum absolute atomic E-state index is 14.8.